The Morgan fingerprint density at radius 3 is 2.83 bits per heavy atom. The van der Waals surface area contributed by atoms with E-state index in [9.17, 15) is 9.59 Å². The number of morpholine rings is 1. The van der Waals surface area contributed by atoms with Crippen molar-refractivity contribution in [1.82, 2.24) is 15.1 Å². The molecule has 2 fully saturated rings. The normalized spacial score (nSPS) is 30.2. The van der Waals surface area contributed by atoms with Gasteiger partial charge in [-0.25, -0.2) is 0 Å². The fraction of sp³-hybridized carbons (Fsp3) is 0.833. The molecule has 6 heteroatoms. The molecule has 2 rings (SSSR count). The molecule has 102 valence electrons. The van der Waals surface area contributed by atoms with Crippen LogP contribution in [0.5, 0.6) is 0 Å². The predicted molar refractivity (Wildman–Crippen MR) is 66.0 cm³/mol. The SMILES string of the molecule is CCN1CCOC(CNC2CC(=O)N(C)C2=O)C1. The van der Waals surface area contributed by atoms with Gasteiger partial charge < -0.3 is 10.1 Å². The summed E-state index contributed by atoms with van der Waals surface area (Å²) in [5.41, 5.74) is 0. The van der Waals surface area contributed by atoms with Crippen LogP contribution in [0.3, 0.4) is 0 Å². The van der Waals surface area contributed by atoms with Crippen LogP contribution in [0.2, 0.25) is 0 Å². The first kappa shape index (κ1) is 13.5. The fourth-order valence-electron chi connectivity index (χ4n) is 2.38. The van der Waals surface area contributed by atoms with Gasteiger partial charge in [0.1, 0.15) is 0 Å². The Morgan fingerprint density at radius 2 is 2.22 bits per heavy atom. The minimum absolute atomic E-state index is 0.104. The molecule has 0 aromatic carbocycles. The third kappa shape index (κ3) is 2.88. The predicted octanol–water partition coefficient (Wildman–Crippen LogP) is -0.946. The lowest BCUT2D eigenvalue weighted by Crippen LogP contribution is -2.49. The summed E-state index contributed by atoms with van der Waals surface area (Å²) < 4.78 is 5.64. The van der Waals surface area contributed by atoms with Crippen molar-refractivity contribution in [2.75, 3.05) is 39.8 Å². The van der Waals surface area contributed by atoms with Gasteiger partial charge in [0.05, 0.1) is 25.2 Å². The Balaban J connectivity index is 1.78. The highest BCUT2D eigenvalue weighted by Crippen LogP contribution is 2.11. The van der Waals surface area contributed by atoms with E-state index in [0.717, 1.165) is 26.2 Å². The summed E-state index contributed by atoms with van der Waals surface area (Å²) in [5.74, 6) is -0.250. The number of hydrogen-bond acceptors (Lipinski definition) is 5. The average Bonchev–Trinajstić information content (AvgIpc) is 2.64. The Labute approximate surface area is 107 Å². The van der Waals surface area contributed by atoms with Gasteiger partial charge in [-0.1, -0.05) is 6.92 Å². The van der Waals surface area contributed by atoms with Crippen LogP contribution in [0.1, 0.15) is 13.3 Å². The molecular weight excluding hydrogens is 234 g/mol. The van der Waals surface area contributed by atoms with Gasteiger partial charge in [0, 0.05) is 26.7 Å². The second kappa shape index (κ2) is 5.77. The van der Waals surface area contributed by atoms with Gasteiger partial charge in [-0.3, -0.25) is 19.4 Å². The van der Waals surface area contributed by atoms with E-state index in [1.807, 2.05) is 0 Å². The van der Waals surface area contributed by atoms with Gasteiger partial charge in [-0.2, -0.15) is 0 Å². The molecule has 2 aliphatic heterocycles. The van der Waals surface area contributed by atoms with Crippen LogP contribution in [0, 0.1) is 0 Å². The number of likely N-dealkylation sites (tertiary alicyclic amines) is 1. The van der Waals surface area contributed by atoms with Crippen LogP contribution < -0.4 is 5.32 Å². The van der Waals surface area contributed by atoms with Crippen molar-refractivity contribution < 1.29 is 14.3 Å². The molecule has 0 radical (unpaired) electrons. The monoisotopic (exact) mass is 255 g/mol. The minimum Gasteiger partial charge on any atom is -0.374 e. The topological polar surface area (TPSA) is 61.9 Å². The maximum Gasteiger partial charge on any atom is 0.246 e. The van der Waals surface area contributed by atoms with E-state index in [4.69, 9.17) is 4.74 Å². The van der Waals surface area contributed by atoms with Crippen LogP contribution in [0.25, 0.3) is 0 Å². The number of nitrogens with one attached hydrogen (secondary N) is 1. The van der Waals surface area contributed by atoms with Crippen LogP contribution in [0.4, 0.5) is 0 Å². The van der Waals surface area contributed by atoms with Crippen molar-refractivity contribution in [3.8, 4) is 0 Å². The van der Waals surface area contributed by atoms with Gasteiger partial charge in [-0.05, 0) is 6.54 Å². The third-order valence-corrected chi connectivity index (χ3v) is 3.64. The average molecular weight is 255 g/mol. The van der Waals surface area contributed by atoms with Crippen molar-refractivity contribution in [3.63, 3.8) is 0 Å². The molecule has 0 aromatic heterocycles. The smallest absolute Gasteiger partial charge is 0.246 e. The number of hydrogen-bond donors (Lipinski definition) is 1. The van der Waals surface area contributed by atoms with E-state index in [2.05, 4.69) is 17.1 Å². The summed E-state index contributed by atoms with van der Waals surface area (Å²) in [6, 6.07) is -0.372. The standard InChI is InChI=1S/C12H21N3O3/c1-3-15-4-5-18-9(8-15)7-13-10-6-11(16)14(2)12(10)17/h9-10,13H,3-8H2,1-2H3. The number of imide groups is 1. The number of nitrogens with zero attached hydrogens (tertiary/aromatic N) is 2. The van der Waals surface area contributed by atoms with Crippen molar-refractivity contribution >= 4 is 11.8 Å². The molecule has 0 aliphatic carbocycles. The molecule has 0 spiro atoms. The first-order valence-corrected chi connectivity index (χ1v) is 6.49. The summed E-state index contributed by atoms with van der Waals surface area (Å²) in [5, 5.41) is 3.14. The number of carbonyl (C=O) groups excluding carboxylic acids is 2. The minimum atomic E-state index is -0.372. The van der Waals surface area contributed by atoms with E-state index < -0.39 is 0 Å². The Kier molecular flexibility index (Phi) is 4.31. The largest absolute Gasteiger partial charge is 0.374 e. The Morgan fingerprint density at radius 1 is 1.44 bits per heavy atom. The van der Waals surface area contributed by atoms with Gasteiger partial charge >= 0.3 is 0 Å². The molecule has 2 atom stereocenters. The highest BCUT2D eigenvalue weighted by atomic mass is 16.5. The molecule has 6 nitrogen and oxygen atoms in total. The fourth-order valence-corrected chi connectivity index (χ4v) is 2.38. The van der Waals surface area contributed by atoms with Gasteiger partial charge in [-0.15, -0.1) is 0 Å². The summed E-state index contributed by atoms with van der Waals surface area (Å²) in [4.78, 5) is 26.6. The molecule has 2 amide bonds. The third-order valence-electron chi connectivity index (χ3n) is 3.64. The Bertz CT molecular complexity index is 335. The van der Waals surface area contributed by atoms with Crippen LogP contribution in [-0.4, -0.2) is 73.6 Å². The van der Waals surface area contributed by atoms with Crippen LogP contribution in [-0.2, 0) is 14.3 Å². The maximum absolute atomic E-state index is 11.7. The zero-order valence-electron chi connectivity index (χ0n) is 11.0. The molecule has 2 aliphatic rings. The lowest BCUT2D eigenvalue weighted by Gasteiger charge is -2.32. The van der Waals surface area contributed by atoms with E-state index in [0.29, 0.717) is 6.54 Å². The summed E-state index contributed by atoms with van der Waals surface area (Å²) in [6.45, 7) is 6.35. The summed E-state index contributed by atoms with van der Waals surface area (Å²) in [6.07, 6.45) is 0.368. The van der Waals surface area contributed by atoms with E-state index in [1.54, 1.807) is 0 Å². The lowest BCUT2D eigenvalue weighted by atomic mass is 10.2. The first-order valence-electron chi connectivity index (χ1n) is 6.49. The van der Waals surface area contributed by atoms with Gasteiger partial charge in [0.2, 0.25) is 11.8 Å². The second-order valence-corrected chi connectivity index (χ2v) is 4.84. The summed E-state index contributed by atoms with van der Waals surface area (Å²) >= 11 is 0. The maximum atomic E-state index is 11.7. The zero-order valence-corrected chi connectivity index (χ0v) is 11.0. The molecule has 1 N–H and O–H groups in total. The molecular formula is C12H21N3O3. The Hall–Kier alpha value is -0.980. The molecule has 0 aromatic rings. The van der Waals surface area contributed by atoms with Crippen molar-refractivity contribution in [2.45, 2.75) is 25.5 Å². The van der Waals surface area contributed by atoms with E-state index in [1.165, 1.54) is 11.9 Å². The van der Waals surface area contributed by atoms with Crippen molar-refractivity contribution in [3.05, 3.63) is 0 Å². The van der Waals surface area contributed by atoms with Crippen LogP contribution in [0.15, 0.2) is 0 Å². The first-order chi connectivity index (χ1) is 8.61. The number of carbonyl (C=O) groups is 2. The van der Waals surface area contributed by atoms with E-state index >= 15 is 0 Å². The highest BCUT2D eigenvalue weighted by Gasteiger charge is 2.36. The van der Waals surface area contributed by atoms with Crippen LogP contribution >= 0.6 is 0 Å². The molecule has 18 heavy (non-hydrogen) atoms. The van der Waals surface area contributed by atoms with Gasteiger partial charge in [0.15, 0.2) is 0 Å². The molecule has 2 heterocycles. The molecule has 0 bridgehead atoms. The van der Waals surface area contributed by atoms with E-state index in [-0.39, 0.29) is 30.4 Å². The molecule has 0 saturated carbocycles. The number of likely N-dealkylation sites (N-methyl/N-ethyl adjacent to an activating group) is 2. The number of amides is 2. The highest BCUT2D eigenvalue weighted by molar-refractivity contribution is 6.05. The van der Waals surface area contributed by atoms with Crippen molar-refractivity contribution in [2.24, 2.45) is 0 Å². The van der Waals surface area contributed by atoms with Gasteiger partial charge in [0.25, 0.3) is 0 Å². The number of ether oxygens (including phenoxy) is 1. The number of rotatable bonds is 4. The molecule has 2 unspecified atom stereocenters. The zero-order chi connectivity index (χ0) is 13.1. The lowest BCUT2D eigenvalue weighted by molar-refractivity contribution is -0.137. The summed E-state index contributed by atoms with van der Waals surface area (Å²) in [7, 11) is 1.53. The molecule has 2 saturated heterocycles. The quantitative estimate of drug-likeness (QED) is 0.657. The van der Waals surface area contributed by atoms with Crippen molar-refractivity contribution in [1.29, 1.82) is 0 Å². The second-order valence-electron chi connectivity index (χ2n) is 4.84.